The van der Waals surface area contributed by atoms with Gasteiger partial charge in [-0.15, -0.1) is 0 Å². The molecule has 3 rings (SSSR count). The molecule has 154 valence electrons. The van der Waals surface area contributed by atoms with E-state index >= 15 is 0 Å². The number of methoxy groups -OCH3 is 1. The van der Waals surface area contributed by atoms with Crippen LogP contribution in [0.1, 0.15) is 11.3 Å². The number of nitro benzene ring substituents is 1. The van der Waals surface area contributed by atoms with E-state index in [-0.39, 0.29) is 5.69 Å². The molecule has 1 aromatic heterocycles. The third-order valence-corrected chi connectivity index (χ3v) is 4.95. The Balaban J connectivity index is 1.67. The summed E-state index contributed by atoms with van der Waals surface area (Å²) >= 11 is 3.40. The maximum absolute atomic E-state index is 12.0. The van der Waals surface area contributed by atoms with E-state index in [1.807, 2.05) is 19.1 Å². The maximum atomic E-state index is 12.0. The second-order valence-electron chi connectivity index (χ2n) is 6.13. The van der Waals surface area contributed by atoms with Gasteiger partial charge >= 0.3 is 6.03 Å². The van der Waals surface area contributed by atoms with Gasteiger partial charge in [-0.3, -0.25) is 10.1 Å². The van der Waals surface area contributed by atoms with Crippen LogP contribution >= 0.6 is 15.9 Å². The van der Waals surface area contributed by atoms with Gasteiger partial charge < -0.3 is 14.5 Å². The molecule has 2 aromatic carbocycles. The van der Waals surface area contributed by atoms with E-state index in [1.54, 1.807) is 18.2 Å². The fourth-order valence-electron chi connectivity index (χ4n) is 2.61. The lowest BCUT2D eigenvalue weighted by molar-refractivity contribution is -0.384. The monoisotopic (exact) mass is 472 g/mol. The van der Waals surface area contributed by atoms with Gasteiger partial charge in [0.2, 0.25) is 0 Å². The Morgan fingerprint density at radius 2 is 2.03 bits per heavy atom. The van der Waals surface area contributed by atoms with Crippen LogP contribution in [0.5, 0.6) is 5.75 Å². The van der Waals surface area contributed by atoms with Crippen LogP contribution in [0.3, 0.4) is 0 Å². The number of furan rings is 1. The Bertz CT molecular complexity index is 1130. The predicted molar refractivity (Wildman–Crippen MR) is 116 cm³/mol. The molecule has 0 bridgehead atoms. The summed E-state index contributed by atoms with van der Waals surface area (Å²) in [6.07, 6.45) is 1.32. The lowest BCUT2D eigenvalue weighted by Crippen LogP contribution is -2.24. The SMILES string of the molecule is COc1ccc([N+](=O)[O-])cc1-c1ccc(/C=N/NC(=O)Nc2ccc(Br)c(C)c2)o1. The molecule has 2 N–H and O–H groups in total. The minimum atomic E-state index is -0.514. The van der Waals surface area contributed by atoms with Crippen LogP contribution in [0.15, 0.2) is 62.5 Å². The fraction of sp³-hybridized carbons (Fsp3) is 0.100. The van der Waals surface area contributed by atoms with Crippen LogP contribution in [0.2, 0.25) is 0 Å². The van der Waals surface area contributed by atoms with Crippen molar-refractivity contribution in [2.24, 2.45) is 5.10 Å². The first kappa shape index (κ1) is 21.1. The number of rotatable bonds is 6. The van der Waals surface area contributed by atoms with E-state index in [4.69, 9.17) is 9.15 Å². The number of nitrogens with zero attached hydrogens (tertiary/aromatic N) is 2. The molecule has 0 aliphatic carbocycles. The number of benzene rings is 2. The van der Waals surface area contributed by atoms with E-state index in [0.29, 0.717) is 28.5 Å². The van der Waals surface area contributed by atoms with E-state index in [9.17, 15) is 14.9 Å². The number of nitro groups is 1. The molecule has 30 heavy (non-hydrogen) atoms. The quantitative estimate of drug-likeness (QED) is 0.294. The standard InChI is InChI=1S/C20H17BrN4O5/c1-12-9-13(3-6-17(12)21)23-20(26)24-22-11-15-5-8-19(30-15)16-10-14(25(27)28)4-7-18(16)29-2/h3-11H,1-2H3,(H2,23,24,26)/b22-11+. The molecule has 1 heterocycles. The second-order valence-corrected chi connectivity index (χ2v) is 6.99. The molecule has 2 amide bonds. The molecule has 0 spiro atoms. The first-order chi connectivity index (χ1) is 14.4. The molecule has 3 aromatic rings. The minimum Gasteiger partial charge on any atom is -0.496 e. The Morgan fingerprint density at radius 3 is 2.73 bits per heavy atom. The lowest BCUT2D eigenvalue weighted by Gasteiger charge is -2.06. The van der Waals surface area contributed by atoms with Crippen molar-refractivity contribution in [2.75, 3.05) is 12.4 Å². The lowest BCUT2D eigenvalue weighted by atomic mass is 10.1. The largest absolute Gasteiger partial charge is 0.496 e. The Hall–Kier alpha value is -3.66. The van der Waals surface area contributed by atoms with E-state index in [0.717, 1.165) is 10.0 Å². The zero-order valence-corrected chi connectivity index (χ0v) is 17.6. The zero-order chi connectivity index (χ0) is 21.7. The average Bonchev–Trinajstić information content (AvgIpc) is 3.19. The Labute approximate surface area is 180 Å². The van der Waals surface area contributed by atoms with Crippen molar-refractivity contribution in [3.63, 3.8) is 0 Å². The van der Waals surface area contributed by atoms with Gasteiger partial charge in [0.1, 0.15) is 17.3 Å². The van der Waals surface area contributed by atoms with Crippen molar-refractivity contribution in [1.29, 1.82) is 0 Å². The fourth-order valence-corrected chi connectivity index (χ4v) is 2.85. The number of hydrazone groups is 1. The Kier molecular flexibility index (Phi) is 6.48. The number of carbonyl (C=O) groups is 1. The molecule has 0 saturated heterocycles. The van der Waals surface area contributed by atoms with E-state index in [1.165, 1.54) is 31.5 Å². The predicted octanol–water partition coefficient (Wildman–Crippen LogP) is 5.09. The first-order valence-corrected chi connectivity index (χ1v) is 9.45. The van der Waals surface area contributed by atoms with E-state index < -0.39 is 11.0 Å². The van der Waals surface area contributed by atoms with Crippen LogP contribution in [0, 0.1) is 17.0 Å². The molecule has 10 heteroatoms. The molecule has 0 saturated carbocycles. The molecule has 0 atom stereocenters. The minimum absolute atomic E-state index is 0.0843. The van der Waals surface area contributed by atoms with Crippen molar-refractivity contribution in [1.82, 2.24) is 5.43 Å². The summed E-state index contributed by atoms with van der Waals surface area (Å²) < 4.78 is 11.8. The van der Waals surface area contributed by atoms with Crippen LogP contribution in [-0.2, 0) is 0 Å². The summed E-state index contributed by atoms with van der Waals surface area (Å²) in [5.74, 6) is 1.14. The highest BCUT2D eigenvalue weighted by Gasteiger charge is 2.15. The normalized spacial score (nSPS) is 10.8. The topological polar surface area (TPSA) is 119 Å². The highest BCUT2D eigenvalue weighted by Crippen LogP contribution is 2.34. The summed E-state index contributed by atoms with van der Waals surface area (Å²) in [6, 6.07) is 12.4. The zero-order valence-electron chi connectivity index (χ0n) is 16.0. The number of hydrogen-bond acceptors (Lipinski definition) is 6. The Morgan fingerprint density at radius 1 is 1.23 bits per heavy atom. The number of carbonyl (C=O) groups excluding carboxylic acids is 1. The summed E-state index contributed by atoms with van der Waals surface area (Å²) in [7, 11) is 1.46. The van der Waals surface area contributed by atoms with Crippen LogP contribution in [0.4, 0.5) is 16.2 Å². The number of non-ortho nitro benzene ring substituents is 1. The summed E-state index contributed by atoms with van der Waals surface area (Å²) in [5, 5.41) is 17.5. The number of nitrogens with one attached hydrogen (secondary N) is 2. The molecule has 0 unspecified atom stereocenters. The number of aryl methyl sites for hydroxylation is 1. The number of urea groups is 1. The van der Waals surface area contributed by atoms with Crippen molar-refractivity contribution >= 4 is 39.6 Å². The van der Waals surface area contributed by atoms with Crippen molar-refractivity contribution in [2.45, 2.75) is 6.92 Å². The van der Waals surface area contributed by atoms with Crippen molar-refractivity contribution in [3.8, 4) is 17.1 Å². The van der Waals surface area contributed by atoms with Gasteiger partial charge in [0.25, 0.3) is 5.69 Å². The number of halogens is 1. The number of amides is 2. The highest BCUT2D eigenvalue weighted by atomic mass is 79.9. The molecule has 0 radical (unpaired) electrons. The molecule has 9 nitrogen and oxygen atoms in total. The van der Waals surface area contributed by atoms with Gasteiger partial charge in [-0.2, -0.15) is 5.10 Å². The van der Waals surface area contributed by atoms with Gasteiger partial charge in [-0.25, -0.2) is 10.2 Å². The van der Waals surface area contributed by atoms with E-state index in [2.05, 4.69) is 31.8 Å². The average molecular weight is 473 g/mol. The van der Waals surface area contributed by atoms with Crippen LogP contribution in [-0.4, -0.2) is 24.3 Å². The summed E-state index contributed by atoms with van der Waals surface area (Å²) in [4.78, 5) is 22.5. The van der Waals surface area contributed by atoms with Crippen molar-refractivity contribution < 1.29 is 18.9 Å². The van der Waals surface area contributed by atoms with Crippen LogP contribution in [0.25, 0.3) is 11.3 Å². The van der Waals surface area contributed by atoms with Gasteiger partial charge in [0, 0.05) is 22.3 Å². The first-order valence-electron chi connectivity index (χ1n) is 8.66. The molecule has 0 fully saturated rings. The summed E-state index contributed by atoms with van der Waals surface area (Å²) in [5.41, 5.74) is 4.30. The number of ether oxygens (including phenoxy) is 1. The maximum Gasteiger partial charge on any atom is 0.339 e. The van der Waals surface area contributed by atoms with Gasteiger partial charge in [-0.05, 0) is 48.9 Å². The second kappa shape index (κ2) is 9.23. The van der Waals surface area contributed by atoms with Gasteiger partial charge in [0.15, 0.2) is 0 Å². The number of anilines is 1. The van der Waals surface area contributed by atoms with Crippen LogP contribution < -0.4 is 15.5 Å². The van der Waals surface area contributed by atoms with Gasteiger partial charge in [0.05, 0.1) is 23.8 Å². The molecular formula is C20H17BrN4O5. The molecule has 0 aliphatic rings. The molecular weight excluding hydrogens is 456 g/mol. The summed E-state index contributed by atoms with van der Waals surface area (Å²) in [6.45, 7) is 1.91. The smallest absolute Gasteiger partial charge is 0.339 e. The number of hydrogen-bond donors (Lipinski definition) is 2. The van der Waals surface area contributed by atoms with Crippen molar-refractivity contribution in [3.05, 3.63) is 74.4 Å². The molecule has 0 aliphatic heterocycles. The van der Waals surface area contributed by atoms with Gasteiger partial charge in [-0.1, -0.05) is 15.9 Å². The highest BCUT2D eigenvalue weighted by molar-refractivity contribution is 9.10. The third-order valence-electron chi connectivity index (χ3n) is 4.06. The third kappa shape index (κ3) is 5.03.